The SMILES string of the molecule is OC(c1cccc(Cl)c1)c1nc(/C=C/c2ccc(C(F)(F)F)cc2)cs1. The first-order valence-electron chi connectivity index (χ1n) is 7.57. The second-order valence-electron chi connectivity index (χ2n) is 5.52. The van der Waals surface area contributed by atoms with E-state index in [-0.39, 0.29) is 0 Å². The Hall–Kier alpha value is -2.15. The second kappa shape index (κ2) is 7.61. The first kappa shape index (κ1) is 18.6. The fraction of sp³-hybridized carbons (Fsp3) is 0.105. The van der Waals surface area contributed by atoms with E-state index in [1.165, 1.54) is 23.5 Å². The van der Waals surface area contributed by atoms with Gasteiger partial charge >= 0.3 is 6.18 Å². The van der Waals surface area contributed by atoms with Gasteiger partial charge < -0.3 is 5.11 Å². The molecule has 3 rings (SSSR count). The maximum atomic E-state index is 12.6. The summed E-state index contributed by atoms with van der Waals surface area (Å²) in [5, 5.41) is 13.2. The summed E-state index contributed by atoms with van der Waals surface area (Å²) in [6.45, 7) is 0. The van der Waals surface area contributed by atoms with E-state index in [4.69, 9.17) is 11.6 Å². The van der Waals surface area contributed by atoms with Crippen LogP contribution in [0.2, 0.25) is 5.02 Å². The number of aromatic nitrogens is 1. The molecule has 1 unspecified atom stereocenters. The van der Waals surface area contributed by atoms with Gasteiger partial charge in [0, 0.05) is 10.4 Å². The molecule has 1 N–H and O–H groups in total. The van der Waals surface area contributed by atoms with Crippen LogP contribution in [0.4, 0.5) is 13.2 Å². The minimum Gasteiger partial charge on any atom is -0.381 e. The highest BCUT2D eigenvalue weighted by atomic mass is 35.5. The van der Waals surface area contributed by atoms with E-state index in [0.717, 1.165) is 12.1 Å². The van der Waals surface area contributed by atoms with Crippen molar-refractivity contribution in [1.82, 2.24) is 4.98 Å². The normalized spacial score (nSPS) is 13.3. The summed E-state index contributed by atoms with van der Waals surface area (Å²) < 4.78 is 37.7. The van der Waals surface area contributed by atoms with Crippen LogP contribution in [0.1, 0.15) is 33.5 Å². The Kier molecular flexibility index (Phi) is 5.46. The third-order valence-corrected chi connectivity index (χ3v) is 4.77. The standard InChI is InChI=1S/C19H13ClF3NOS/c20-15-3-1-2-13(10-15)17(25)18-24-16(11-26-18)9-6-12-4-7-14(8-5-12)19(21,22)23/h1-11,17,25H/b9-6+. The van der Waals surface area contributed by atoms with E-state index in [1.54, 1.807) is 41.8 Å². The predicted octanol–water partition coefficient (Wildman–Crippen LogP) is 6.07. The van der Waals surface area contributed by atoms with Crippen molar-refractivity contribution in [3.63, 3.8) is 0 Å². The van der Waals surface area contributed by atoms with Crippen molar-refractivity contribution in [3.8, 4) is 0 Å². The zero-order valence-electron chi connectivity index (χ0n) is 13.2. The van der Waals surface area contributed by atoms with Gasteiger partial charge in [-0.25, -0.2) is 4.98 Å². The molecule has 26 heavy (non-hydrogen) atoms. The Morgan fingerprint density at radius 3 is 2.46 bits per heavy atom. The smallest absolute Gasteiger partial charge is 0.381 e. The molecule has 0 aliphatic carbocycles. The highest BCUT2D eigenvalue weighted by Gasteiger charge is 2.29. The van der Waals surface area contributed by atoms with E-state index >= 15 is 0 Å². The number of aliphatic hydroxyl groups is 1. The van der Waals surface area contributed by atoms with Crippen LogP contribution in [0.5, 0.6) is 0 Å². The lowest BCUT2D eigenvalue weighted by Gasteiger charge is -2.07. The number of alkyl halides is 3. The van der Waals surface area contributed by atoms with E-state index in [2.05, 4.69) is 4.98 Å². The molecule has 0 aliphatic heterocycles. The van der Waals surface area contributed by atoms with Crippen molar-refractivity contribution in [1.29, 1.82) is 0 Å². The van der Waals surface area contributed by atoms with Crippen molar-refractivity contribution >= 4 is 35.1 Å². The third kappa shape index (κ3) is 4.52. The average Bonchev–Trinajstić information content (AvgIpc) is 3.08. The fourth-order valence-corrected chi connectivity index (χ4v) is 3.28. The van der Waals surface area contributed by atoms with Gasteiger partial charge in [-0.3, -0.25) is 0 Å². The van der Waals surface area contributed by atoms with E-state index in [9.17, 15) is 18.3 Å². The number of aliphatic hydroxyl groups excluding tert-OH is 1. The van der Waals surface area contributed by atoms with Gasteiger partial charge in [-0.2, -0.15) is 13.2 Å². The first-order valence-corrected chi connectivity index (χ1v) is 8.83. The van der Waals surface area contributed by atoms with Crippen molar-refractivity contribution in [2.75, 3.05) is 0 Å². The zero-order valence-corrected chi connectivity index (χ0v) is 14.8. The van der Waals surface area contributed by atoms with Crippen LogP contribution in [-0.2, 0) is 6.18 Å². The lowest BCUT2D eigenvalue weighted by molar-refractivity contribution is -0.137. The van der Waals surface area contributed by atoms with Crippen LogP contribution in [0.3, 0.4) is 0 Å². The first-order chi connectivity index (χ1) is 12.3. The van der Waals surface area contributed by atoms with Crippen LogP contribution >= 0.6 is 22.9 Å². The molecule has 2 aromatic carbocycles. The lowest BCUT2D eigenvalue weighted by atomic mass is 10.1. The number of nitrogens with zero attached hydrogens (tertiary/aromatic N) is 1. The molecule has 0 aliphatic rings. The maximum absolute atomic E-state index is 12.6. The second-order valence-corrected chi connectivity index (χ2v) is 6.85. The quantitative estimate of drug-likeness (QED) is 0.581. The van der Waals surface area contributed by atoms with Crippen LogP contribution in [0.15, 0.2) is 53.9 Å². The molecule has 7 heteroatoms. The molecule has 0 radical (unpaired) electrons. The Morgan fingerprint density at radius 1 is 1.08 bits per heavy atom. The number of rotatable bonds is 4. The molecule has 3 aromatic rings. The van der Waals surface area contributed by atoms with Crippen molar-refractivity contribution in [2.24, 2.45) is 0 Å². The molecule has 0 bridgehead atoms. The Labute approximate surface area is 157 Å². The van der Waals surface area contributed by atoms with Gasteiger partial charge in [0.1, 0.15) is 11.1 Å². The van der Waals surface area contributed by atoms with Gasteiger partial charge in [0.2, 0.25) is 0 Å². The van der Waals surface area contributed by atoms with Gasteiger partial charge in [0.25, 0.3) is 0 Å². The minimum atomic E-state index is -4.34. The average molecular weight is 396 g/mol. The molecule has 0 saturated carbocycles. The number of halogens is 4. The van der Waals surface area contributed by atoms with Crippen LogP contribution < -0.4 is 0 Å². The molecule has 2 nitrogen and oxygen atoms in total. The molecule has 134 valence electrons. The summed E-state index contributed by atoms with van der Waals surface area (Å²) in [6, 6.07) is 11.8. The summed E-state index contributed by atoms with van der Waals surface area (Å²) in [6.07, 6.45) is -1.87. The number of hydrogen-bond donors (Lipinski definition) is 1. The predicted molar refractivity (Wildman–Crippen MR) is 98.0 cm³/mol. The van der Waals surface area contributed by atoms with Gasteiger partial charge in [-0.05, 0) is 41.5 Å². The van der Waals surface area contributed by atoms with Crippen LogP contribution in [0, 0.1) is 0 Å². The maximum Gasteiger partial charge on any atom is 0.416 e. The van der Waals surface area contributed by atoms with Gasteiger partial charge in [-0.1, -0.05) is 41.9 Å². The third-order valence-electron chi connectivity index (χ3n) is 3.62. The molecular formula is C19H13ClF3NOS. The molecule has 1 aromatic heterocycles. The summed E-state index contributed by atoms with van der Waals surface area (Å²) >= 11 is 7.22. The number of hydrogen-bond acceptors (Lipinski definition) is 3. The van der Waals surface area contributed by atoms with Gasteiger partial charge in [0.05, 0.1) is 11.3 Å². The fourth-order valence-electron chi connectivity index (χ4n) is 2.29. The Bertz CT molecular complexity index is 919. The molecule has 0 fully saturated rings. The van der Waals surface area contributed by atoms with Gasteiger partial charge in [-0.15, -0.1) is 11.3 Å². The molecule has 1 atom stereocenters. The van der Waals surface area contributed by atoms with Crippen LogP contribution in [0.25, 0.3) is 12.2 Å². The van der Waals surface area contributed by atoms with Gasteiger partial charge in [0.15, 0.2) is 0 Å². The zero-order chi connectivity index (χ0) is 18.7. The highest BCUT2D eigenvalue weighted by molar-refractivity contribution is 7.09. The van der Waals surface area contributed by atoms with E-state index in [0.29, 0.717) is 26.9 Å². The summed E-state index contributed by atoms with van der Waals surface area (Å²) in [7, 11) is 0. The van der Waals surface area contributed by atoms with Crippen LogP contribution in [-0.4, -0.2) is 10.1 Å². The summed E-state index contributed by atoms with van der Waals surface area (Å²) in [4.78, 5) is 4.35. The molecule has 0 amide bonds. The number of thiazole rings is 1. The van der Waals surface area contributed by atoms with Crippen molar-refractivity contribution in [2.45, 2.75) is 12.3 Å². The highest BCUT2D eigenvalue weighted by Crippen LogP contribution is 2.30. The number of benzene rings is 2. The van der Waals surface area contributed by atoms with E-state index < -0.39 is 17.8 Å². The monoisotopic (exact) mass is 395 g/mol. The lowest BCUT2D eigenvalue weighted by Crippen LogP contribution is -2.03. The summed E-state index contributed by atoms with van der Waals surface area (Å²) in [5.41, 5.74) is 1.20. The Balaban J connectivity index is 1.73. The largest absolute Gasteiger partial charge is 0.416 e. The van der Waals surface area contributed by atoms with E-state index in [1.807, 2.05) is 0 Å². The minimum absolute atomic E-state index is 0.513. The summed E-state index contributed by atoms with van der Waals surface area (Å²) in [5.74, 6) is 0. The van der Waals surface area contributed by atoms with Crippen molar-refractivity contribution in [3.05, 3.63) is 86.3 Å². The molecule has 0 spiro atoms. The molecule has 0 saturated heterocycles. The molecule has 1 heterocycles. The van der Waals surface area contributed by atoms with Crippen molar-refractivity contribution < 1.29 is 18.3 Å². The topological polar surface area (TPSA) is 33.1 Å². The Morgan fingerprint density at radius 2 is 1.81 bits per heavy atom. The molecular weight excluding hydrogens is 383 g/mol.